The minimum atomic E-state index is -1.34. The smallest absolute Gasteiger partial charge is 0.246 e. The number of nitrogens with zero attached hydrogens (tertiary/aromatic N) is 4. The van der Waals surface area contributed by atoms with E-state index in [1.165, 1.54) is 42.3 Å². The topological polar surface area (TPSA) is 510 Å². The lowest BCUT2D eigenvalue weighted by atomic mass is 9.99. The number of hydrogen-bond donors (Lipinski definition) is 15. The van der Waals surface area contributed by atoms with Crippen LogP contribution >= 0.6 is 11.8 Å². The van der Waals surface area contributed by atoms with Crippen LogP contribution in [0.25, 0.3) is 0 Å². The third kappa shape index (κ3) is 30.3. The first-order chi connectivity index (χ1) is 55.6. The van der Waals surface area contributed by atoms with Crippen LogP contribution in [0.3, 0.4) is 0 Å². The SMILES string of the molecule is CC(C)C[C@@H]1NC(=O)[C@@H]2CSC(=N2)c2cccc(c2)C[C@@H](C(N)=O)NC(=O)[C@H](CC(C)C)NC(=O)[C@H](C)NC(=O)[C@H](Cc2ccccc2)NC(=O)[C@H](C)NC(=O)[C@@H]2CCCN2C(=O)[C@H](C)NC(=O)[C@H](CC(C)C)NC(=O)[C@H](CC(C)C)NC(=O)[C@@H]2CCCN2C(=O)[C@H](CC(C)C)NC(=O)[C@H](CCCN=C(N)N)NC(=O)[C@H](CC(C)C)NC1=O. The molecule has 0 unspecified atom stereocenters. The summed E-state index contributed by atoms with van der Waals surface area (Å²) in [6.45, 7) is 26.6. The maximum atomic E-state index is 15.0. The number of rotatable bonds is 19. The van der Waals surface area contributed by atoms with E-state index in [0.717, 1.165) is 0 Å². The maximum Gasteiger partial charge on any atom is 0.246 e. The van der Waals surface area contributed by atoms with E-state index in [0.29, 0.717) is 34.6 Å². The van der Waals surface area contributed by atoms with Crippen LogP contribution in [0.2, 0.25) is 0 Å². The molecular weight excluding hydrogens is 1540 g/mol. The summed E-state index contributed by atoms with van der Waals surface area (Å²) in [4.78, 5) is 228. The molecule has 2 aromatic carbocycles. The number of fused-ring (bicyclic) bond motifs is 6. The Morgan fingerprint density at radius 3 is 1.32 bits per heavy atom. The Kier molecular flexibility index (Phi) is 37.8. The molecule has 2 saturated heterocycles. The predicted molar refractivity (Wildman–Crippen MR) is 449 cm³/mol. The number of carbonyl (C=O) groups is 15. The van der Waals surface area contributed by atoms with Gasteiger partial charge in [-0.3, -0.25) is 81.9 Å². The molecule has 4 bridgehead atoms. The van der Waals surface area contributed by atoms with E-state index in [1.54, 1.807) is 54.6 Å². The Hall–Kier alpha value is -10.2. The van der Waals surface area contributed by atoms with Gasteiger partial charge in [0.2, 0.25) is 88.6 Å². The highest BCUT2D eigenvalue weighted by atomic mass is 32.2. The average Bonchev–Trinajstić information content (AvgIpc) is 1.67. The van der Waals surface area contributed by atoms with Crippen LogP contribution in [0.4, 0.5) is 0 Å². The molecule has 4 aliphatic rings. The Morgan fingerprint density at radius 2 is 0.831 bits per heavy atom. The van der Waals surface area contributed by atoms with Gasteiger partial charge in [-0.25, -0.2) is 0 Å². The van der Waals surface area contributed by atoms with Gasteiger partial charge in [-0.2, -0.15) is 0 Å². The summed E-state index contributed by atoms with van der Waals surface area (Å²) in [5.74, 6) is -12.0. The Bertz CT molecular complexity index is 3930. The van der Waals surface area contributed by atoms with E-state index >= 15 is 4.79 Å². The van der Waals surface area contributed by atoms with Gasteiger partial charge < -0.3 is 90.8 Å². The van der Waals surface area contributed by atoms with Crippen molar-refractivity contribution in [2.24, 2.45) is 62.7 Å². The van der Waals surface area contributed by atoms with Gasteiger partial charge in [-0.05, 0) is 151 Å². The van der Waals surface area contributed by atoms with Crippen LogP contribution in [0.15, 0.2) is 64.6 Å². The first kappa shape index (κ1) is 96.6. The zero-order valence-electron chi connectivity index (χ0n) is 71.1. The van der Waals surface area contributed by atoms with Gasteiger partial charge in [-0.1, -0.05) is 132 Å². The van der Waals surface area contributed by atoms with Crippen molar-refractivity contribution in [2.75, 3.05) is 25.4 Å². The molecular formula is C83H129N19O15S. The summed E-state index contributed by atoms with van der Waals surface area (Å²) in [6.07, 6.45) is 1.69. The van der Waals surface area contributed by atoms with Crippen molar-refractivity contribution in [1.82, 2.24) is 73.6 Å². The fourth-order valence-corrected chi connectivity index (χ4v) is 15.7. The molecule has 0 radical (unpaired) electrons. The van der Waals surface area contributed by atoms with Crippen molar-refractivity contribution in [3.8, 4) is 0 Å². The second-order valence-electron chi connectivity index (χ2n) is 34.1. The summed E-state index contributed by atoms with van der Waals surface area (Å²) in [5.41, 5.74) is 19.0. The summed E-state index contributed by atoms with van der Waals surface area (Å²) in [5, 5.41) is 33.8. The highest BCUT2D eigenvalue weighted by Gasteiger charge is 2.44. The lowest BCUT2D eigenvalue weighted by Gasteiger charge is -2.32. The van der Waals surface area contributed by atoms with Crippen molar-refractivity contribution < 1.29 is 71.9 Å². The molecule has 0 aromatic heterocycles. The Balaban J connectivity index is 1.34. The van der Waals surface area contributed by atoms with E-state index in [2.05, 4.69) is 68.8 Å². The quantitative estimate of drug-likeness (QED) is 0.0530. The summed E-state index contributed by atoms with van der Waals surface area (Å²) >= 11 is 1.27. The number of amides is 15. The predicted octanol–water partition coefficient (Wildman–Crippen LogP) is 1.02. The van der Waals surface area contributed by atoms with Gasteiger partial charge in [0.25, 0.3) is 0 Å². The molecule has 6 rings (SSSR count). The lowest BCUT2D eigenvalue weighted by Crippen LogP contribution is -2.60. The molecule has 118 heavy (non-hydrogen) atoms. The number of nitrogens with two attached hydrogens (primary N) is 3. The number of benzene rings is 2. The fourth-order valence-electron chi connectivity index (χ4n) is 14.7. The van der Waals surface area contributed by atoms with Crippen molar-refractivity contribution in [3.05, 3.63) is 71.3 Å². The molecule has 2 fully saturated rings. The van der Waals surface area contributed by atoms with Gasteiger partial charge >= 0.3 is 0 Å². The summed E-state index contributed by atoms with van der Waals surface area (Å²) in [6, 6.07) is -2.79. The molecule has 0 spiro atoms. The maximum absolute atomic E-state index is 15.0. The molecule has 4 aliphatic heterocycles. The molecule has 0 aliphatic carbocycles. The zero-order valence-corrected chi connectivity index (χ0v) is 71.9. The first-order valence-electron chi connectivity index (χ1n) is 41.5. The van der Waals surface area contributed by atoms with E-state index in [-0.39, 0.29) is 144 Å². The minimum Gasteiger partial charge on any atom is -0.370 e. The number of guanidine groups is 1. The van der Waals surface area contributed by atoms with Crippen LogP contribution in [-0.4, -0.2) is 225 Å². The number of primary amides is 1. The third-order valence-corrected chi connectivity index (χ3v) is 21.8. The second kappa shape index (κ2) is 46.2. The molecule has 18 N–H and O–H groups in total. The van der Waals surface area contributed by atoms with E-state index < -0.39 is 179 Å². The summed E-state index contributed by atoms with van der Waals surface area (Å²) < 4.78 is 0. The van der Waals surface area contributed by atoms with Gasteiger partial charge in [0.1, 0.15) is 90.6 Å². The molecule has 652 valence electrons. The van der Waals surface area contributed by atoms with Crippen LogP contribution in [0, 0.1) is 35.5 Å². The van der Waals surface area contributed by atoms with Crippen LogP contribution in [-0.2, 0) is 84.8 Å². The van der Waals surface area contributed by atoms with Crippen LogP contribution in [0.1, 0.15) is 198 Å². The molecule has 15 amide bonds. The second-order valence-corrected chi connectivity index (χ2v) is 35.1. The van der Waals surface area contributed by atoms with Gasteiger partial charge in [-0.15, -0.1) is 11.8 Å². The van der Waals surface area contributed by atoms with Gasteiger partial charge in [0, 0.05) is 43.8 Å². The van der Waals surface area contributed by atoms with E-state index in [9.17, 15) is 67.1 Å². The molecule has 0 saturated carbocycles. The molecule has 15 atom stereocenters. The minimum absolute atomic E-state index is 0.0432. The number of hydrogen-bond acceptors (Lipinski definition) is 18. The number of aliphatic imine (C=N–C) groups is 2. The third-order valence-electron chi connectivity index (χ3n) is 20.7. The Labute approximate surface area is 697 Å². The molecule has 4 heterocycles. The molecule has 2 aromatic rings. The fraction of sp³-hybridized carbons (Fsp3) is 0.651. The van der Waals surface area contributed by atoms with Crippen molar-refractivity contribution in [2.45, 2.75) is 284 Å². The number of nitrogens with one attached hydrogen (secondary N) is 12. The zero-order chi connectivity index (χ0) is 87.5. The number of thioether (sulfide) groups is 1. The van der Waals surface area contributed by atoms with Crippen LogP contribution < -0.4 is 81.0 Å². The molecule has 35 heteroatoms. The number of carbonyl (C=O) groups excluding carboxylic acids is 15. The monoisotopic (exact) mass is 1660 g/mol. The Morgan fingerprint density at radius 1 is 0.441 bits per heavy atom. The lowest BCUT2D eigenvalue weighted by molar-refractivity contribution is -0.143. The normalized spacial score (nSPS) is 27.0. The van der Waals surface area contributed by atoms with Crippen molar-refractivity contribution in [3.63, 3.8) is 0 Å². The van der Waals surface area contributed by atoms with E-state index in [1.807, 2.05) is 83.1 Å². The van der Waals surface area contributed by atoms with E-state index in [4.69, 9.17) is 22.2 Å². The van der Waals surface area contributed by atoms with Gasteiger partial charge in [0.15, 0.2) is 5.96 Å². The summed E-state index contributed by atoms with van der Waals surface area (Å²) in [7, 11) is 0. The standard InChI is InChI=1S/C83H129N19O15S/c1-43(2)33-57-71(107)90-51(15)81(116)101-31-21-28-65(101)78(114)89-50(14)69(105)94-62(40-52-23-17-16-18-24-52)72(108)88-49(13)68(104)93-58(34-44(3)4)74(110)92-56(67(84)103)41-53-25-19-26-54(39-53)80-100-64(42-118-80)77(113)97-60(36-46(7)8)75(111)96-59(35-45(5)6)73(109)91-55(27-20-30-87-83(85)86)70(106)99-63(38-48(11)12)82(117)102-32-22-29-66(102)79(115)98-61(37-47(9)10)76(112)95-57/h16-19,23-26,39,43-51,55-66H,20-22,27-38,40-42H2,1-15H3,(H2,84,103)(H,88,108)(H,89,114)(H,90,107)(H,91,109)(H,92,110)(H,93,104)(H,94,105)(H,95,112)(H,96,111)(H,97,113)(H,98,115)(H,99,106)(H4,85,86,87)/t49-,50-,51-,55-,56-,57-,58-,59-,60-,61-,62-,63-,64-,65-,66-/m0/s1. The highest BCUT2D eigenvalue weighted by Crippen LogP contribution is 2.27. The van der Waals surface area contributed by atoms with Crippen molar-refractivity contribution in [1.29, 1.82) is 0 Å². The van der Waals surface area contributed by atoms with Gasteiger partial charge in [0.05, 0.1) is 5.04 Å². The largest absolute Gasteiger partial charge is 0.370 e. The molecule has 34 nitrogen and oxygen atoms in total. The average molecular weight is 1670 g/mol. The highest BCUT2D eigenvalue weighted by molar-refractivity contribution is 8.14. The van der Waals surface area contributed by atoms with Crippen molar-refractivity contribution >= 4 is 111 Å². The first-order valence-corrected chi connectivity index (χ1v) is 42.5. The van der Waals surface area contributed by atoms with Crippen LogP contribution in [0.5, 0.6) is 0 Å².